The van der Waals surface area contributed by atoms with Crippen LogP contribution in [0.25, 0.3) is 12.2 Å². The largest absolute Gasteiger partial charge is 0.490 e. The van der Waals surface area contributed by atoms with E-state index in [1.54, 1.807) is 0 Å². The molecule has 0 saturated carbocycles. The molecule has 0 aliphatic rings. The highest BCUT2D eigenvalue weighted by atomic mass is 16.5. The Kier molecular flexibility index (Phi) is 17.9. The molecule has 4 heteroatoms. The van der Waals surface area contributed by atoms with Gasteiger partial charge < -0.3 is 14.2 Å². The predicted molar refractivity (Wildman–Crippen MR) is 162 cm³/mol. The Hall–Kier alpha value is -2.49. The van der Waals surface area contributed by atoms with Crippen molar-refractivity contribution in [3.63, 3.8) is 0 Å². The molecule has 0 N–H and O–H groups in total. The van der Waals surface area contributed by atoms with Crippen LogP contribution in [-0.2, 0) is 0 Å². The van der Waals surface area contributed by atoms with E-state index < -0.39 is 0 Å². The third-order valence-electron chi connectivity index (χ3n) is 6.76. The lowest BCUT2D eigenvalue weighted by Crippen LogP contribution is -2.07. The maximum absolute atomic E-state index is 6.46. The molecule has 2 rings (SSSR count). The van der Waals surface area contributed by atoms with Gasteiger partial charge in [0.1, 0.15) is 0 Å². The van der Waals surface area contributed by atoms with Crippen molar-refractivity contribution in [1.82, 2.24) is 4.98 Å². The molecule has 1 aromatic heterocycles. The molecular weight excluding hydrogens is 470 g/mol. The summed E-state index contributed by atoms with van der Waals surface area (Å²) in [4.78, 5) is 4.13. The van der Waals surface area contributed by atoms with Gasteiger partial charge in [-0.3, -0.25) is 4.98 Å². The second-order valence-corrected chi connectivity index (χ2v) is 10.2. The van der Waals surface area contributed by atoms with Gasteiger partial charge in [-0.2, -0.15) is 0 Å². The summed E-state index contributed by atoms with van der Waals surface area (Å²) < 4.78 is 19.2. The molecule has 0 atom stereocenters. The molecule has 0 radical (unpaired) electrons. The molecular formula is C34H53NO3. The Balaban J connectivity index is 2.20. The van der Waals surface area contributed by atoms with Gasteiger partial charge in [0, 0.05) is 18.0 Å². The first kappa shape index (κ1) is 31.7. The zero-order chi connectivity index (χ0) is 27.1. The van der Waals surface area contributed by atoms with E-state index in [4.69, 9.17) is 14.2 Å². The van der Waals surface area contributed by atoms with Crippen LogP contribution in [0.4, 0.5) is 0 Å². The molecule has 0 bridgehead atoms. The van der Waals surface area contributed by atoms with Crippen LogP contribution in [0, 0.1) is 0 Å². The van der Waals surface area contributed by atoms with Crippen molar-refractivity contribution in [2.45, 2.75) is 117 Å². The summed E-state index contributed by atoms with van der Waals surface area (Å²) in [5.74, 6) is 2.37. The van der Waals surface area contributed by atoms with E-state index in [0.29, 0.717) is 19.8 Å². The van der Waals surface area contributed by atoms with Gasteiger partial charge in [-0.15, -0.1) is 0 Å². The lowest BCUT2D eigenvalue weighted by atomic mass is 10.1. The number of hydrogen-bond donors (Lipinski definition) is 0. The molecule has 0 fully saturated rings. The molecule has 38 heavy (non-hydrogen) atoms. The van der Waals surface area contributed by atoms with E-state index in [1.165, 1.54) is 77.0 Å². The quantitative estimate of drug-likeness (QED) is 0.136. The number of pyridine rings is 1. The van der Waals surface area contributed by atoms with Crippen LogP contribution in [0.15, 0.2) is 36.7 Å². The fourth-order valence-corrected chi connectivity index (χ4v) is 4.40. The van der Waals surface area contributed by atoms with E-state index in [0.717, 1.165) is 47.6 Å². The standard InChI is InChI=1S/C34H53NO3/c1-4-7-10-13-16-27-36-32-22-21-31(20-19-30-23-25-35-26-24-30)33(37-28-17-14-11-8-5-2)34(32)38-29-18-15-12-9-6-3/h19-26H,4-18,27-29H2,1-3H3/b20-19+. The Labute approximate surface area is 233 Å². The smallest absolute Gasteiger partial charge is 0.204 e. The zero-order valence-corrected chi connectivity index (χ0v) is 24.5. The van der Waals surface area contributed by atoms with Gasteiger partial charge >= 0.3 is 0 Å². The van der Waals surface area contributed by atoms with Gasteiger partial charge in [-0.25, -0.2) is 0 Å². The van der Waals surface area contributed by atoms with Gasteiger partial charge in [0.25, 0.3) is 0 Å². The van der Waals surface area contributed by atoms with Crippen LogP contribution in [0.1, 0.15) is 128 Å². The molecule has 0 unspecified atom stereocenters. The van der Waals surface area contributed by atoms with Crippen LogP contribution in [-0.4, -0.2) is 24.8 Å². The average molecular weight is 524 g/mol. The van der Waals surface area contributed by atoms with Gasteiger partial charge in [0.05, 0.1) is 19.8 Å². The Morgan fingerprint density at radius 1 is 0.526 bits per heavy atom. The fourth-order valence-electron chi connectivity index (χ4n) is 4.40. The number of benzene rings is 1. The highest BCUT2D eigenvalue weighted by Crippen LogP contribution is 2.42. The topological polar surface area (TPSA) is 40.6 Å². The maximum atomic E-state index is 6.46. The molecule has 4 nitrogen and oxygen atoms in total. The van der Waals surface area contributed by atoms with Crippen LogP contribution < -0.4 is 14.2 Å². The first-order chi connectivity index (χ1) is 18.8. The van der Waals surface area contributed by atoms with Crippen molar-refractivity contribution in [1.29, 1.82) is 0 Å². The van der Waals surface area contributed by atoms with Crippen molar-refractivity contribution in [3.05, 3.63) is 47.8 Å². The molecule has 0 aliphatic heterocycles. The molecule has 0 amide bonds. The second kappa shape index (κ2) is 21.4. The van der Waals surface area contributed by atoms with E-state index in [1.807, 2.05) is 24.5 Å². The normalized spacial score (nSPS) is 11.2. The zero-order valence-electron chi connectivity index (χ0n) is 24.5. The van der Waals surface area contributed by atoms with Crippen molar-refractivity contribution in [2.75, 3.05) is 19.8 Å². The Morgan fingerprint density at radius 2 is 1.03 bits per heavy atom. The number of unbranched alkanes of at least 4 members (excludes halogenated alkanes) is 12. The van der Waals surface area contributed by atoms with Gasteiger partial charge in [0.15, 0.2) is 11.5 Å². The summed E-state index contributed by atoms with van der Waals surface area (Å²) in [5.41, 5.74) is 2.13. The van der Waals surface area contributed by atoms with E-state index in [-0.39, 0.29) is 0 Å². The summed E-state index contributed by atoms with van der Waals surface area (Å²) in [6.45, 7) is 8.82. The highest BCUT2D eigenvalue weighted by molar-refractivity contribution is 5.75. The van der Waals surface area contributed by atoms with E-state index >= 15 is 0 Å². The first-order valence-electron chi connectivity index (χ1n) is 15.4. The van der Waals surface area contributed by atoms with Crippen LogP contribution >= 0.6 is 0 Å². The SMILES string of the molecule is CCCCCCCOc1ccc(/C=C/c2ccncc2)c(OCCCCCCC)c1OCCCCCCC. The molecule has 212 valence electrons. The van der Waals surface area contributed by atoms with Crippen LogP contribution in [0.5, 0.6) is 17.2 Å². The minimum atomic E-state index is 0.682. The van der Waals surface area contributed by atoms with Crippen molar-refractivity contribution >= 4 is 12.2 Å². The lowest BCUT2D eigenvalue weighted by Gasteiger charge is -2.19. The minimum Gasteiger partial charge on any atom is -0.490 e. The molecule has 1 aromatic carbocycles. The third kappa shape index (κ3) is 13.3. The Bertz CT molecular complexity index is 866. The molecule has 2 aromatic rings. The highest BCUT2D eigenvalue weighted by Gasteiger charge is 2.17. The van der Waals surface area contributed by atoms with Gasteiger partial charge in [-0.1, -0.05) is 110 Å². The second-order valence-electron chi connectivity index (χ2n) is 10.2. The van der Waals surface area contributed by atoms with Crippen molar-refractivity contribution in [2.24, 2.45) is 0 Å². The van der Waals surface area contributed by atoms with Gasteiger partial charge in [0.2, 0.25) is 5.75 Å². The first-order valence-corrected chi connectivity index (χ1v) is 15.4. The monoisotopic (exact) mass is 523 g/mol. The lowest BCUT2D eigenvalue weighted by molar-refractivity contribution is 0.234. The average Bonchev–Trinajstić information content (AvgIpc) is 2.95. The third-order valence-corrected chi connectivity index (χ3v) is 6.76. The van der Waals surface area contributed by atoms with E-state index in [2.05, 4.69) is 50.0 Å². The summed E-state index contributed by atoms with van der Waals surface area (Å²) in [5, 5.41) is 0. The predicted octanol–water partition coefficient (Wildman–Crippen LogP) is 10.3. The number of rotatable bonds is 23. The summed E-state index contributed by atoms with van der Waals surface area (Å²) >= 11 is 0. The molecule has 0 aliphatic carbocycles. The van der Waals surface area contributed by atoms with Gasteiger partial charge in [-0.05, 0) is 49.1 Å². The number of nitrogens with zero attached hydrogens (tertiary/aromatic N) is 1. The van der Waals surface area contributed by atoms with Crippen molar-refractivity contribution < 1.29 is 14.2 Å². The maximum Gasteiger partial charge on any atom is 0.204 e. The van der Waals surface area contributed by atoms with Crippen molar-refractivity contribution in [3.8, 4) is 17.2 Å². The fraction of sp³-hybridized carbons (Fsp3) is 0.618. The Morgan fingerprint density at radius 3 is 1.58 bits per heavy atom. The summed E-state index contributed by atoms with van der Waals surface area (Å²) in [6, 6.07) is 8.17. The van der Waals surface area contributed by atoms with Crippen LogP contribution in [0.2, 0.25) is 0 Å². The molecule has 0 spiro atoms. The molecule has 1 heterocycles. The van der Waals surface area contributed by atoms with E-state index in [9.17, 15) is 0 Å². The molecule has 0 saturated heterocycles. The number of hydrogen-bond acceptors (Lipinski definition) is 4. The number of aromatic nitrogens is 1. The summed E-state index contributed by atoms with van der Waals surface area (Å²) in [6.07, 6.45) is 26.0. The number of ether oxygens (including phenoxy) is 3. The minimum absolute atomic E-state index is 0.682. The summed E-state index contributed by atoms with van der Waals surface area (Å²) in [7, 11) is 0. The van der Waals surface area contributed by atoms with Crippen LogP contribution in [0.3, 0.4) is 0 Å².